The van der Waals surface area contributed by atoms with Crippen LogP contribution in [0.25, 0.3) is 11.1 Å². The van der Waals surface area contributed by atoms with Gasteiger partial charge < -0.3 is 34.3 Å². The molecule has 0 spiro atoms. The lowest BCUT2D eigenvalue weighted by molar-refractivity contribution is -0.142. The van der Waals surface area contributed by atoms with E-state index in [0.717, 1.165) is 73.6 Å². The van der Waals surface area contributed by atoms with E-state index in [2.05, 4.69) is 51.2 Å². The number of aromatic nitrogens is 2. The first-order valence-electron chi connectivity index (χ1n) is 21.9. The molecule has 0 aliphatic carbocycles. The van der Waals surface area contributed by atoms with E-state index < -0.39 is 24.0 Å². The molecule has 0 unspecified atom stereocenters. The predicted octanol–water partition coefficient (Wildman–Crippen LogP) is 9.04. The van der Waals surface area contributed by atoms with Crippen molar-refractivity contribution in [2.24, 2.45) is 15.9 Å². The Labute approximate surface area is 399 Å². The lowest BCUT2D eigenvalue weighted by Crippen LogP contribution is -2.45. The quantitative estimate of drug-likeness (QED) is 0.0511. The Morgan fingerprint density at radius 1 is 0.657 bits per heavy atom. The maximum Gasteiger partial charge on any atom is 0.321 e. The van der Waals surface area contributed by atoms with Crippen molar-refractivity contribution in [3.05, 3.63) is 163 Å². The molecule has 0 bridgehead atoms. The van der Waals surface area contributed by atoms with Crippen LogP contribution in [0.1, 0.15) is 69.5 Å². The molecule has 67 heavy (non-hydrogen) atoms. The van der Waals surface area contributed by atoms with E-state index in [0.29, 0.717) is 50.7 Å². The molecule has 15 heteroatoms. The number of nitrogens with zero attached hydrogens (tertiary/aromatic N) is 4. The Morgan fingerprint density at radius 2 is 1.12 bits per heavy atom. The van der Waals surface area contributed by atoms with E-state index in [-0.39, 0.29) is 39.6 Å². The van der Waals surface area contributed by atoms with Gasteiger partial charge in [-0.25, -0.2) is 0 Å². The van der Waals surface area contributed by atoms with Gasteiger partial charge in [-0.1, -0.05) is 66.5 Å². The molecule has 0 saturated heterocycles. The molecule has 346 valence electrons. The number of carbonyl (C=O) groups is 1. The number of aliphatic hydroxyl groups is 2. The van der Waals surface area contributed by atoms with Crippen LogP contribution in [0.15, 0.2) is 108 Å². The number of pyridine rings is 2. The Balaban J connectivity index is 0.975. The standard InChI is InChI=1S/C52H51Cl2N5O8/c1-29(32(4)61)51(52(62)63)59-21-39-13-43(53)49(15-47(39)64-25-33-11-37(19-55-17-33)45-22-57-45)66-27-35-7-5-9-41(30(35)2)42-10-6-8-36(31(42)3)28-67-50-16-48(40(24-60)14-44(50)54)65-26-34-12-38(20-56-18-34)46-23-58-46/h5-20,29,32,51,59-61H,21-28H2,1-4H3,(H,62,63)/t29-,32-,51-/m0/s1. The van der Waals surface area contributed by atoms with Crippen molar-refractivity contribution in [3.8, 4) is 34.1 Å². The third kappa shape index (κ3) is 11.6. The lowest BCUT2D eigenvalue weighted by Gasteiger charge is -2.24. The Morgan fingerprint density at radius 3 is 1.57 bits per heavy atom. The van der Waals surface area contributed by atoms with Gasteiger partial charge in [0.1, 0.15) is 55.5 Å². The van der Waals surface area contributed by atoms with Crippen molar-refractivity contribution in [3.63, 3.8) is 0 Å². The molecule has 0 radical (unpaired) electrons. The highest BCUT2D eigenvalue weighted by Gasteiger charge is 2.28. The number of carboxylic acid groups (broad SMARTS) is 1. The number of ether oxygens (including phenoxy) is 4. The molecule has 8 rings (SSSR count). The second-order valence-corrected chi connectivity index (χ2v) is 17.6. The fourth-order valence-corrected chi connectivity index (χ4v) is 8.17. The number of aliphatic imine (C=N–C) groups is 2. The molecule has 0 saturated carbocycles. The number of aliphatic carboxylic acids is 1. The molecule has 3 atom stereocenters. The first kappa shape index (κ1) is 47.2. The smallest absolute Gasteiger partial charge is 0.321 e. The molecule has 2 aliphatic heterocycles. The predicted molar refractivity (Wildman–Crippen MR) is 258 cm³/mol. The summed E-state index contributed by atoms with van der Waals surface area (Å²) in [6.45, 7) is 9.49. The number of aliphatic hydroxyl groups excluding tert-OH is 2. The van der Waals surface area contributed by atoms with Crippen molar-refractivity contribution in [1.82, 2.24) is 15.3 Å². The van der Waals surface area contributed by atoms with E-state index >= 15 is 0 Å². The van der Waals surface area contributed by atoms with Gasteiger partial charge >= 0.3 is 5.97 Å². The van der Waals surface area contributed by atoms with E-state index in [4.69, 9.17) is 42.1 Å². The van der Waals surface area contributed by atoms with Gasteiger partial charge in [-0.3, -0.25) is 30.1 Å². The van der Waals surface area contributed by atoms with Crippen molar-refractivity contribution in [1.29, 1.82) is 0 Å². The number of carboxylic acids is 1. The molecule has 0 amide bonds. The van der Waals surface area contributed by atoms with E-state index in [1.165, 1.54) is 0 Å². The first-order chi connectivity index (χ1) is 32.4. The summed E-state index contributed by atoms with van der Waals surface area (Å²) >= 11 is 13.5. The van der Waals surface area contributed by atoms with E-state index in [9.17, 15) is 20.1 Å². The molecule has 4 heterocycles. The fraction of sp³-hybridized carbons (Fsp3) is 0.288. The van der Waals surface area contributed by atoms with Gasteiger partial charge in [0.2, 0.25) is 0 Å². The number of nitrogens with one attached hydrogen (secondary N) is 1. The van der Waals surface area contributed by atoms with Gasteiger partial charge in [-0.15, -0.1) is 0 Å². The highest BCUT2D eigenvalue weighted by Crippen LogP contribution is 2.38. The van der Waals surface area contributed by atoms with E-state index in [1.807, 2.05) is 36.4 Å². The summed E-state index contributed by atoms with van der Waals surface area (Å²) in [7, 11) is 0. The first-order valence-corrected chi connectivity index (χ1v) is 22.7. The van der Waals surface area contributed by atoms with Crippen LogP contribution in [0, 0.1) is 19.8 Å². The molecule has 13 nitrogen and oxygen atoms in total. The Kier molecular flexibility index (Phi) is 14.8. The normalized spacial score (nSPS) is 14.1. The van der Waals surface area contributed by atoms with Crippen LogP contribution in [0.3, 0.4) is 0 Å². The summed E-state index contributed by atoms with van der Waals surface area (Å²) in [5, 5.41) is 34.0. The van der Waals surface area contributed by atoms with Crippen molar-refractivity contribution < 1.29 is 39.1 Å². The van der Waals surface area contributed by atoms with Crippen LogP contribution < -0.4 is 24.3 Å². The van der Waals surface area contributed by atoms with Gasteiger partial charge in [0.05, 0.1) is 47.3 Å². The zero-order chi connectivity index (χ0) is 47.2. The molecule has 4 N–H and O–H groups in total. The number of rotatable bonds is 22. The van der Waals surface area contributed by atoms with Gasteiger partial charge in [-0.2, -0.15) is 0 Å². The largest absolute Gasteiger partial charge is 0.488 e. The minimum Gasteiger partial charge on any atom is -0.488 e. The molecular formula is C52H51Cl2N5O8. The molecule has 2 aromatic heterocycles. The summed E-state index contributed by atoms with van der Waals surface area (Å²) in [4.78, 5) is 29.4. The second kappa shape index (κ2) is 21.1. The highest BCUT2D eigenvalue weighted by atomic mass is 35.5. The lowest BCUT2D eigenvalue weighted by atomic mass is 9.92. The monoisotopic (exact) mass is 943 g/mol. The molecule has 0 fully saturated rings. The van der Waals surface area contributed by atoms with Crippen LogP contribution in [0.2, 0.25) is 10.0 Å². The summed E-state index contributed by atoms with van der Waals surface area (Å²) in [5.41, 5.74) is 12.8. The minimum absolute atomic E-state index is 0.103. The number of hydrogen-bond donors (Lipinski definition) is 4. The topological polar surface area (TPSA) is 177 Å². The fourth-order valence-electron chi connectivity index (χ4n) is 7.69. The number of benzene rings is 4. The van der Waals surface area contributed by atoms with Crippen molar-refractivity contribution in [2.75, 3.05) is 13.1 Å². The van der Waals surface area contributed by atoms with Gasteiger partial charge in [0, 0.05) is 82.8 Å². The summed E-state index contributed by atoms with van der Waals surface area (Å²) < 4.78 is 25.3. The third-order valence-electron chi connectivity index (χ3n) is 12.1. The SMILES string of the molecule is Cc1c(COc2cc(OCc3cncc(C4=NC4)c3)c(CO)cc2Cl)cccc1-c1cccc(COc2cc(OCc3cncc(C4=NC4)c3)c(CN[C@H](C(=O)O)[C@@H](C)[C@H](C)O)cc2Cl)c1C. The second-order valence-electron chi connectivity index (χ2n) is 16.8. The molecule has 2 aliphatic rings. The van der Waals surface area contributed by atoms with Crippen molar-refractivity contribution in [2.45, 2.75) is 79.4 Å². The summed E-state index contributed by atoms with van der Waals surface area (Å²) in [6, 6.07) is 22.0. The third-order valence-corrected chi connectivity index (χ3v) is 12.7. The zero-order valence-electron chi connectivity index (χ0n) is 37.6. The summed E-state index contributed by atoms with van der Waals surface area (Å²) in [6.07, 6.45) is 6.19. The van der Waals surface area contributed by atoms with E-state index in [1.54, 1.807) is 62.9 Å². The average Bonchev–Trinajstić information content (AvgIpc) is 4.26. The maximum absolute atomic E-state index is 12.2. The average molecular weight is 945 g/mol. The maximum atomic E-state index is 12.2. The number of halogens is 2. The molecule has 6 aromatic rings. The van der Waals surface area contributed by atoms with Crippen LogP contribution in [0.5, 0.6) is 23.0 Å². The van der Waals surface area contributed by atoms with Gasteiger partial charge in [-0.05, 0) is 78.4 Å². The minimum atomic E-state index is -1.08. The van der Waals surface area contributed by atoms with Gasteiger partial charge in [0.15, 0.2) is 0 Å². The Bertz CT molecular complexity index is 2870. The van der Waals surface area contributed by atoms with Crippen LogP contribution in [-0.2, 0) is 44.4 Å². The zero-order valence-corrected chi connectivity index (χ0v) is 39.1. The van der Waals surface area contributed by atoms with Crippen LogP contribution in [-0.4, -0.2) is 67.9 Å². The van der Waals surface area contributed by atoms with Gasteiger partial charge in [0.25, 0.3) is 0 Å². The number of hydrogen-bond acceptors (Lipinski definition) is 12. The molecule has 4 aromatic carbocycles. The highest BCUT2D eigenvalue weighted by molar-refractivity contribution is 6.32. The van der Waals surface area contributed by atoms with Crippen molar-refractivity contribution >= 4 is 40.6 Å². The Hall–Kier alpha value is -6.35. The summed E-state index contributed by atoms with van der Waals surface area (Å²) in [5.74, 6) is 0.0877. The van der Waals surface area contributed by atoms with Crippen LogP contribution in [0.4, 0.5) is 0 Å². The molecular weight excluding hydrogens is 894 g/mol. The van der Waals surface area contributed by atoms with Crippen LogP contribution >= 0.6 is 23.2 Å².